The average Bonchev–Trinajstić information content (AvgIpc) is 3.56. The van der Waals surface area contributed by atoms with Crippen LogP contribution in [-0.4, -0.2) is 38.7 Å². The molecule has 198 valence electrons. The topological polar surface area (TPSA) is 136 Å². The number of anilines is 2. The number of carbonyl (C=O) groups excluding carboxylic acids is 2. The molecular weight excluding hydrogens is 505 g/mol. The Bertz CT molecular complexity index is 1680. The highest BCUT2D eigenvalue weighted by Gasteiger charge is 2.17. The van der Waals surface area contributed by atoms with Gasteiger partial charge in [-0.15, -0.1) is 0 Å². The highest BCUT2D eigenvalue weighted by molar-refractivity contribution is 5.99. The van der Waals surface area contributed by atoms with Crippen molar-refractivity contribution in [3.05, 3.63) is 84.4 Å². The quantitative estimate of drug-likeness (QED) is 0.254. The zero-order valence-electron chi connectivity index (χ0n) is 21.2. The number of rotatable bonds is 7. The molecule has 0 aliphatic rings. The molecule has 3 amide bonds. The van der Waals surface area contributed by atoms with E-state index >= 15 is 0 Å². The summed E-state index contributed by atoms with van der Waals surface area (Å²) in [6, 6.07) is 13.4. The molecule has 3 heterocycles. The zero-order chi connectivity index (χ0) is 27.5. The summed E-state index contributed by atoms with van der Waals surface area (Å²) in [5, 5.41) is 12.3. The van der Waals surface area contributed by atoms with Gasteiger partial charge in [-0.1, -0.05) is 13.8 Å². The maximum atomic E-state index is 14.9. The SMILES string of the molecule is CNC(=O)c1cc(Oc2ccc(NC(=O)Nc3cc(C(C)C)nn3-c3ccc4ocnc4c3)c(F)c2)ccn1. The van der Waals surface area contributed by atoms with Gasteiger partial charge in [0.25, 0.3) is 5.91 Å². The third-order valence-electron chi connectivity index (χ3n) is 5.74. The lowest BCUT2D eigenvalue weighted by Gasteiger charge is -2.12. The average molecular weight is 530 g/mol. The first-order valence-corrected chi connectivity index (χ1v) is 12.0. The van der Waals surface area contributed by atoms with Crippen LogP contribution in [0.1, 0.15) is 35.9 Å². The molecule has 0 aliphatic carbocycles. The van der Waals surface area contributed by atoms with Crippen LogP contribution in [-0.2, 0) is 0 Å². The summed E-state index contributed by atoms with van der Waals surface area (Å²) >= 11 is 0. The lowest BCUT2D eigenvalue weighted by molar-refractivity contribution is 0.0957. The van der Waals surface area contributed by atoms with Crippen LogP contribution in [0.3, 0.4) is 0 Å². The summed E-state index contributed by atoms with van der Waals surface area (Å²) in [7, 11) is 1.49. The van der Waals surface area contributed by atoms with E-state index in [9.17, 15) is 14.0 Å². The summed E-state index contributed by atoms with van der Waals surface area (Å²) in [6.45, 7) is 3.98. The Morgan fingerprint density at radius 2 is 1.82 bits per heavy atom. The van der Waals surface area contributed by atoms with E-state index < -0.39 is 11.8 Å². The van der Waals surface area contributed by atoms with Crippen LogP contribution in [0, 0.1) is 5.82 Å². The number of carbonyl (C=O) groups is 2. The second-order valence-corrected chi connectivity index (χ2v) is 8.80. The van der Waals surface area contributed by atoms with Crippen LogP contribution in [0.2, 0.25) is 0 Å². The molecule has 0 radical (unpaired) electrons. The lowest BCUT2D eigenvalue weighted by atomic mass is 10.1. The van der Waals surface area contributed by atoms with E-state index in [1.807, 2.05) is 13.8 Å². The Hall–Kier alpha value is -5.26. The number of halogens is 1. The van der Waals surface area contributed by atoms with Gasteiger partial charge >= 0.3 is 6.03 Å². The largest absolute Gasteiger partial charge is 0.457 e. The summed E-state index contributed by atoms with van der Waals surface area (Å²) < 4.78 is 27.4. The third-order valence-corrected chi connectivity index (χ3v) is 5.74. The van der Waals surface area contributed by atoms with E-state index in [1.165, 1.54) is 37.8 Å². The Balaban J connectivity index is 1.32. The van der Waals surface area contributed by atoms with Gasteiger partial charge in [-0.2, -0.15) is 5.10 Å². The summed E-state index contributed by atoms with van der Waals surface area (Å²) in [5.74, 6) is -0.115. The van der Waals surface area contributed by atoms with Crippen molar-refractivity contribution in [1.29, 1.82) is 0 Å². The van der Waals surface area contributed by atoms with Crippen LogP contribution in [0.5, 0.6) is 11.5 Å². The molecule has 5 aromatic rings. The van der Waals surface area contributed by atoms with Crippen molar-refractivity contribution in [1.82, 2.24) is 25.1 Å². The second-order valence-electron chi connectivity index (χ2n) is 8.80. The van der Waals surface area contributed by atoms with Gasteiger partial charge in [0.15, 0.2) is 12.0 Å². The number of fused-ring (bicyclic) bond motifs is 1. The highest BCUT2D eigenvalue weighted by atomic mass is 19.1. The molecule has 2 aromatic carbocycles. The van der Waals surface area contributed by atoms with E-state index in [2.05, 4.69) is 31.0 Å². The minimum Gasteiger partial charge on any atom is -0.457 e. The number of nitrogens with zero attached hydrogens (tertiary/aromatic N) is 4. The second kappa shape index (κ2) is 10.6. The number of urea groups is 1. The molecule has 0 saturated heterocycles. The first-order valence-electron chi connectivity index (χ1n) is 12.0. The number of nitrogens with one attached hydrogen (secondary N) is 3. The van der Waals surface area contributed by atoms with Gasteiger partial charge in [0.1, 0.15) is 34.3 Å². The predicted octanol–water partition coefficient (Wildman–Crippen LogP) is 5.47. The van der Waals surface area contributed by atoms with Crippen molar-refractivity contribution < 1.29 is 23.1 Å². The molecule has 39 heavy (non-hydrogen) atoms. The molecule has 11 nitrogen and oxygen atoms in total. The molecule has 0 aliphatic heterocycles. The maximum absolute atomic E-state index is 14.9. The Morgan fingerprint density at radius 3 is 2.59 bits per heavy atom. The van der Waals surface area contributed by atoms with Gasteiger partial charge in [-0.25, -0.2) is 18.9 Å². The number of hydrogen-bond donors (Lipinski definition) is 3. The predicted molar refractivity (Wildman–Crippen MR) is 142 cm³/mol. The number of ether oxygens (including phenoxy) is 1. The Labute approximate surface area is 222 Å². The molecule has 0 fully saturated rings. The first-order chi connectivity index (χ1) is 18.8. The number of amides is 3. The number of aromatic nitrogens is 4. The fraction of sp³-hybridized carbons (Fsp3) is 0.148. The third kappa shape index (κ3) is 5.54. The van der Waals surface area contributed by atoms with Crippen molar-refractivity contribution in [2.75, 3.05) is 17.7 Å². The summed E-state index contributed by atoms with van der Waals surface area (Å²) in [4.78, 5) is 32.8. The number of oxazole rings is 1. The Kier molecular flexibility index (Phi) is 6.91. The van der Waals surface area contributed by atoms with E-state index in [0.29, 0.717) is 28.4 Å². The van der Waals surface area contributed by atoms with E-state index in [1.54, 1.807) is 35.0 Å². The summed E-state index contributed by atoms with van der Waals surface area (Å²) in [6.07, 6.45) is 2.77. The van der Waals surface area contributed by atoms with Crippen LogP contribution >= 0.6 is 0 Å². The number of pyridine rings is 1. The number of hydrogen-bond acceptors (Lipinski definition) is 7. The van der Waals surface area contributed by atoms with Gasteiger partial charge in [-0.05, 0) is 42.3 Å². The van der Waals surface area contributed by atoms with Crippen molar-refractivity contribution in [2.45, 2.75) is 19.8 Å². The molecular formula is C27H24FN7O4. The van der Waals surface area contributed by atoms with Gasteiger partial charge in [-0.3, -0.25) is 15.1 Å². The normalized spacial score (nSPS) is 11.0. The van der Waals surface area contributed by atoms with Crippen molar-refractivity contribution >= 4 is 34.5 Å². The molecule has 0 atom stereocenters. The molecule has 0 bridgehead atoms. The van der Waals surface area contributed by atoms with Gasteiger partial charge in [0.05, 0.1) is 17.1 Å². The molecule has 12 heteroatoms. The van der Waals surface area contributed by atoms with Gasteiger partial charge < -0.3 is 19.8 Å². The van der Waals surface area contributed by atoms with Crippen molar-refractivity contribution in [3.63, 3.8) is 0 Å². The van der Waals surface area contributed by atoms with E-state index in [4.69, 9.17) is 9.15 Å². The maximum Gasteiger partial charge on any atom is 0.324 e. The fourth-order valence-electron chi connectivity index (χ4n) is 3.74. The van der Waals surface area contributed by atoms with Crippen LogP contribution in [0.4, 0.5) is 20.7 Å². The van der Waals surface area contributed by atoms with Gasteiger partial charge in [0, 0.05) is 31.4 Å². The van der Waals surface area contributed by atoms with E-state index in [-0.39, 0.29) is 29.0 Å². The molecule has 5 rings (SSSR count). The molecule has 0 unspecified atom stereocenters. The van der Waals surface area contributed by atoms with Gasteiger partial charge in [0.2, 0.25) is 0 Å². The van der Waals surface area contributed by atoms with E-state index in [0.717, 1.165) is 11.8 Å². The summed E-state index contributed by atoms with van der Waals surface area (Å²) in [5.41, 5.74) is 2.80. The smallest absolute Gasteiger partial charge is 0.324 e. The molecule has 0 spiro atoms. The molecule has 3 aromatic heterocycles. The minimum atomic E-state index is -0.712. The monoisotopic (exact) mass is 529 g/mol. The minimum absolute atomic E-state index is 0.0557. The van der Waals surface area contributed by atoms with Crippen molar-refractivity contribution in [2.24, 2.45) is 0 Å². The number of benzene rings is 2. The van der Waals surface area contributed by atoms with Crippen LogP contribution in [0.15, 0.2) is 71.6 Å². The fourth-order valence-corrected chi connectivity index (χ4v) is 3.74. The standard InChI is InChI=1S/C27H24FN7O4/c1-15(2)21-13-25(35(34-21)16-4-7-24-22(10-16)31-14-38-24)33-27(37)32-20-6-5-17(11-19(20)28)39-18-8-9-30-23(12-18)26(36)29-3/h4-15H,1-3H3,(H,29,36)(H2,32,33,37). The first kappa shape index (κ1) is 25.4. The zero-order valence-corrected chi connectivity index (χ0v) is 21.2. The lowest BCUT2D eigenvalue weighted by Crippen LogP contribution is -2.22. The Morgan fingerprint density at radius 1 is 1.00 bits per heavy atom. The molecule has 0 saturated carbocycles. The molecule has 3 N–H and O–H groups in total. The highest BCUT2D eigenvalue weighted by Crippen LogP contribution is 2.27. The van der Waals surface area contributed by atoms with Crippen LogP contribution in [0.25, 0.3) is 16.8 Å². The van der Waals surface area contributed by atoms with Crippen molar-refractivity contribution in [3.8, 4) is 17.2 Å². The van der Waals surface area contributed by atoms with Crippen LogP contribution < -0.4 is 20.7 Å².